The molecule has 18 nitrogen and oxygen atoms in total. The third-order valence-electron chi connectivity index (χ3n) is 12.4. The summed E-state index contributed by atoms with van der Waals surface area (Å²) in [4.78, 5) is 67.7. The number of aromatic hydroxyl groups is 1. The van der Waals surface area contributed by atoms with Crippen LogP contribution in [0.5, 0.6) is 5.75 Å². The summed E-state index contributed by atoms with van der Waals surface area (Å²) in [6.07, 6.45) is 0.440. The van der Waals surface area contributed by atoms with Gasteiger partial charge in [0.1, 0.15) is 29.7 Å². The number of aromatic nitrogens is 2. The summed E-state index contributed by atoms with van der Waals surface area (Å²) in [7, 11) is 1.68. The molecule has 0 radical (unpaired) electrons. The number of likely N-dealkylation sites (N-methyl/N-ethyl adjacent to an activating group) is 1. The standard InChI is InChI=1S/C50H68ClFN8O10/c1-7-41(64)58-14-16-59(17-15-58)47-38-29-39(51)43(37-28-34(61)27-33-10-8-9-11-36(33)37)44(52)45(38)55-49(56-47)53-13-12-42(65)57(6)18-19-67-20-21-68-22-23-69-24-25-70-31-40(63)54-46(50(3,4)5)48(66)60-30-35(62)26-32(60)2/h8-11,27-29,32,35,46,61-62H,7,12-26,30-31H2,1-6H3,(H,54,63)(H,53,55,56)/t32-,35-,46-/m1/s1. The number of aliphatic hydroxyl groups excluding tert-OH is 1. The lowest BCUT2D eigenvalue weighted by atomic mass is 9.85. The summed E-state index contributed by atoms with van der Waals surface area (Å²) < 4.78 is 39.2. The van der Waals surface area contributed by atoms with Crippen LogP contribution in [0.3, 0.4) is 0 Å². The number of piperazine rings is 1. The Morgan fingerprint density at radius 3 is 2.23 bits per heavy atom. The summed E-state index contributed by atoms with van der Waals surface area (Å²) in [6.45, 7) is 13.7. The molecule has 2 aliphatic rings. The minimum Gasteiger partial charge on any atom is -0.508 e. The first-order chi connectivity index (χ1) is 33.5. The maximum absolute atomic E-state index is 16.9. The Balaban J connectivity index is 0.910. The van der Waals surface area contributed by atoms with Crippen molar-refractivity contribution in [2.45, 2.75) is 72.1 Å². The summed E-state index contributed by atoms with van der Waals surface area (Å²) in [6, 6.07) is 11.2. The van der Waals surface area contributed by atoms with Gasteiger partial charge in [-0.05, 0) is 53.3 Å². The highest BCUT2D eigenvalue weighted by Gasteiger charge is 2.40. The number of benzene rings is 3. The van der Waals surface area contributed by atoms with E-state index in [1.165, 1.54) is 6.07 Å². The Labute approximate surface area is 413 Å². The fraction of sp³-hybridized carbons (Fsp3) is 0.560. The van der Waals surface area contributed by atoms with Crippen molar-refractivity contribution in [3.63, 3.8) is 0 Å². The topological polar surface area (TPSA) is 208 Å². The van der Waals surface area contributed by atoms with Gasteiger partial charge in [0.05, 0.1) is 57.4 Å². The van der Waals surface area contributed by atoms with Crippen LogP contribution in [0.1, 0.15) is 53.9 Å². The van der Waals surface area contributed by atoms with Crippen molar-refractivity contribution in [2.24, 2.45) is 5.41 Å². The number of anilines is 2. The number of nitrogens with zero attached hydrogens (tertiary/aromatic N) is 6. The average Bonchev–Trinajstić information content (AvgIpc) is 3.68. The number of carbonyl (C=O) groups excluding carboxylic acids is 4. The lowest BCUT2D eigenvalue weighted by Gasteiger charge is -2.36. The predicted octanol–water partition coefficient (Wildman–Crippen LogP) is 4.85. The van der Waals surface area contributed by atoms with Crippen molar-refractivity contribution >= 4 is 68.7 Å². The number of β-amino-alcohol motifs (C(OH)–C–C–N with tert-alkyl or cyclic N) is 1. The van der Waals surface area contributed by atoms with Gasteiger partial charge >= 0.3 is 0 Å². The van der Waals surface area contributed by atoms with Crippen LogP contribution in [0.15, 0.2) is 42.5 Å². The van der Waals surface area contributed by atoms with Crippen molar-refractivity contribution in [3.8, 4) is 16.9 Å². The molecule has 0 unspecified atom stereocenters. The Bertz CT molecular complexity index is 2450. The molecule has 0 aliphatic carbocycles. The molecule has 0 bridgehead atoms. The van der Waals surface area contributed by atoms with Gasteiger partial charge in [0.25, 0.3) is 0 Å². The van der Waals surface area contributed by atoms with Gasteiger partial charge in [-0.3, -0.25) is 19.2 Å². The fourth-order valence-electron chi connectivity index (χ4n) is 8.59. The molecule has 3 aromatic carbocycles. The van der Waals surface area contributed by atoms with Crippen LogP contribution in [-0.4, -0.2) is 182 Å². The summed E-state index contributed by atoms with van der Waals surface area (Å²) in [5.74, 6) is -0.876. The van der Waals surface area contributed by atoms with E-state index >= 15 is 4.39 Å². The second kappa shape index (κ2) is 25.1. The third kappa shape index (κ3) is 14.1. The number of fused-ring (bicyclic) bond motifs is 2. The van der Waals surface area contributed by atoms with Crippen LogP contribution < -0.4 is 15.5 Å². The molecule has 1 aromatic heterocycles. The van der Waals surface area contributed by atoms with E-state index in [4.69, 9.17) is 35.5 Å². The van der Waals surface area contributed by atoms with Gasteiger partial charge in [-0.2, -0.15) is 4.98 Å². The third-order valence-corrected chi connectivity index (χ3v) is 12.7. The van der Waals surface area contributed by atoms with Gasteiger partial charge in [0.2, 0.25) is 29.6 Å². The highest BCUT2D eigenvalue weighted by atomic mass is 35.5. The molecule has 20 heteroatoms. The first-order valence-corrected chi connectivity index (χ1v) is 24.4. The van der Waals surface area contributed by atoms with E-state index in [-0.39, 0.29) is 90.9 Å². The molecule has 3 heterocycles. The molecule has 4 aromatic rings. The fourth-order valence-corrected chi connectivity index (χ4v) is 8.88. The number of aliphatic hydroxyl groups is 1. The molecule has 2 aliphatic heterocycles. The summed E-state index contributed by atoms with van der Waals surface area (Å²) in [5.41, 5.74) is -0.0171. The Morgan fingerprint density at radius 1 is 0.929 bits per heavy atom. The van der Waals surface area contributed by atoms with E-state index in [0.29, 0.717) is 106 Å². The number of rotatable bonds is 23. The van der Waals surface area contributed by atoms with E-state index in [1.807, 2.05) is 63.8 Å². The molecular formula is C50H68ClFN8O10. The molecule has 0 spiro atoms. The number of halogens is 2. The van der Waals surface area contributed by atoms with Crippen molar-refractivity contribution in [3.05, 3.63) is 53.3 Å². The van der Waals surface area contributed by atoms with Crippen LogP contribution in [0.25, 0.3) is 32.8 Å². The van der Waals surface area contributed by atoms with Crippen molar-refractivity contribution in [1.82, 2.24) is 30.0 Å². The predicted molar refractivity (Wildman–Crippen MR) is 265 cm³/mol. The number of amides is 4. The van der Waals surface area contributed by atoms with Gasteiger partial charge in [-0.15, -0.1) is 0 Å². The number of hydrogen-bond acceptors (Lipinski definition) is 14. The lowest BCUT2D eigenvalue weighted by molar-refractivity contribution is -0.141. The van der Waals surface area contributed by atoms with Gasteiger partial charge in [-0.25, -0.2) is 9.37 Å². The number of hydrogen-bond donors (Lipinski definition) is 4. The Hall–Kier alpha value is -5.44. The summed E-state index contributed by atoms with van der Waals surface area (Å²) in [5, 5.41) is 28.4. The Kier molecular flexibility index (Phi) is 19.3. The van der Waals surface area contributed by atoms with Crippen LogP contribution in [0.4, 0.5) is 16.2 Å². The largest absolute Gasteiger partial charge is 0.508 e. The number of phenolic OH excluding ortho intramolecular Hbond substituents is 1. The van der Waals surface area contributed by atoms with Crippen LogP contribution in [-0.2, 0) is 38.1 Å². The number of phenols is 1. The highest BCUT2D eigenvalue weighted by Crippen LogP contribution is 2.42. The van der Waals surface area contributed by atoms with E-state index in [1.54, 1.807) is 33.9 Å². The molecule has 0 saturated carbocycles. The van der Waals surface area contributed by atoms with Crippen LogP contribution in [0, 0.1) is 11.2 Å². The summed E-state index contributed by atoms with van der Waals surface area (Å²) >= 11 is 6.87. The van der Waals surface area contributed by atoms with Crippen LogP contribution >= 0.6 is 11.6 Å². The smallest absolute Gasteiger partial charge is 0.246 e. The first-order valence-electron chi connectivity index (χ1n) is 24.0. The SMILES string of the molecule is CCC(=O)N1CCN(c2nc(NCCC(=O)N(C)CCOCCOCCOCCOCC(=O)N[C@H](C(=O)N3C[C@H](O)C[C@H]3C)C(C)(C)C)nc3c(F)c(-c4cc(O)cc5ccccc45)c(Cl)cc23)CC1. The second-order valence-corrected chi connectivity index (χ2v) is 19.1. The molecule has 2 saturated heterocycles. The molecule has 4 N–H and O–H groups in total. The zero-order valence-electron chi connectivity index (χ0n) is 41.1. The van der Waals surface area contributed by atoms with E-state index in [2.05, 4.69) is 15.6 Å². The van der Waals surface area contributed by atoms with Gasteiger partial charge < -0.3 is 59.4 Å². The second-order valence-electron chi connectivity index (χ2n) is 18.7. The number of ether oxygens (including phenoxy) is 4. The normalized spacial score (nSPS) is 16.8. The number of carbonyl (C=O) groups is 4. The maximum Gasteiger partial charge on any atom is 0.246 e. The monoisotopic (exact) mass is 994 g/mol. The number of likely N-dealkylation sites (tertiary alicyclic amines) is 1. The minimum atomic E-state index is -0.758. The highest BCUT2D eigenvalue weighted by molar-refractivity contribution is 6.35. The number of nitrogens with one attached hydrogen (secondary N) is 2. The van der Waals surface area contributed by atoms with E-state index in [9.17, 15) is 29.4 Å². The lowest BCUT2D eigenvalue weighted by Crippen LogP contribution is -2.56. The zero-order valence-corrected chi connectivity index (χ0v) is 41.9. The van der Waals surface area contributed by atoms with Gasteiger partial charge in [0, 0.05) is 82.7 Å². The van der Waals surface area contributed by atoms with E-state index in [0.717, 1.165) is 0 Å². The van der Waals surface area contributed by atoms with Gasteiger partial charge in [0.15, 0.2) is 5.82 Å². The zero-order chi connectivity index (χ0) is 50.5. The molecule has 4 amide bonds. The van der Waals surface area contributed by atoms with E-state index < -0.39 is 29.3 Å². The van der Waals surface area contributed by atoms with Crippen LogP contribution in [0.2, 0.25) is 5.02 Å². The Morgan fingerprint density at radius 2 is 1.59 bits per heavy atom. The van der Waals surface area contributed by atoms with Crippen molar-refractivity contribution in [1.29, 1.82) is 0 Å². The maximum atomic E-state index is 16.9. The molecule has 382 valence electrons. The molecule has 2 fully saturated rings. The average molecular weight is 996 g/mol. The molecule has 70 heavy (non-hydrogen) atoms. The van der Waals surface area contributed by atoms with Gasteiger partial charge in [-0.1, -0.05) is 63.6 Å². The minimum absolute atomic E-state index is 0.0179. The van der Waals surface area contributed by atoms with Crippen molar-refractivity contribution in [2.75, 3.05) is 116 Å². The molecule has 3 atom stereocenters. The molecular weight excluding hydrogens is 927 g/mol. The first kappa shape index (κ1) is 53.9. The molecule has 6 rings (SSSR count). The quantitative estimate of drug-likeness (QED) is 0.0734. The van der Waals surface area contributed by atoms with Crippen molar-refractivity contribution < 1.29 is 52.7 Å².